The van der Waals surface area contributed by atoms with Crippen molar-refractivity contribution in [2.75, 3.05) is 21.0 Å². The van der Waals surface area contributed by atoms with Crippen molar-refractivity contribution in [3.63, 3.8) is 0 Å². The Morgan fingerprint density at radius 3 is 2.28 bits per heavy atom. The highest BCUT2D eigenvalue weighted by molar-refractivity contribution is 5.64. The standard InChI is InChI=1S/C22H26O7/c1-27-14-29-21-5-3-4-19(25)18(21)10-9-17(24)13-16(23)8-6-15-7-11-22(28-2)20(26)12-15/h3-12,16-17,23-26H,13-14H2,1-2H3/b8-6+,10-9+. The van der Waals surface area contributed by atoms with Crippen LogP contribution in [0.4, 0.5) is 0 Å². The lowest BCUT2D eigenvalue weighted by atomic mass is 10.1. The highest BCUT2D eigenvalue weighted by Crippen LogP contribution is 2.29. The van der Waals surface area contributed by atoms with E-state index in [9.17, 15) is 20.4 Å². The third-order valence-corrected chi connectivity index (χ3v) is 4.06. The number of ether oxygens (including phenoxy) is 3. The summed E-state index contributed by atoms with van der Waals surface area (Å²) in [7, 11) is 2.95. The minimum atomic E-state index is -0.950. The van der Waals surface area contributed by atoms with E-state index in [0.29, 0.717) is 22.6 Å². The summed E-state index contributed by atoms with van der Waals surface area (Å²) in [6.45, 7) is 0.0251. The minimum absolute atomic E-state index is 0.00118. The molecule has 7 nitrogen and oxygen atoms in total. The Bertz CT molecular complexity index is 845. The average molecular weight is 402 g/mol. The second-order valence-corrected chi connectivity index (χ2v) is 6.26. The summed E-state index contributed by atoms with van der Waals surface area (Å²) >= 11 is 0. The predicted octanol–water partition coefficient (Wildman–Crippen LogP) is 2.93. The number of benzene rings is 2. The first-order valence-electron chi connectivity index (χ1n) is 8.97. The van der Waals surface area contributed by atoms with Gasteiger partial charge in [0.1, 0.15) is 11.5 Å². The molecule has 0 saturated heterocycles. The maximum Gasteiger partial charge on any atom is 0.188 e. The average Bonchev–Trinajstić information content (AvgIpc) is 2.70. The molecule has 2 unspecified atom stereocenters. The van der Waals surface area contributed by atoms with Gasteiger partial charge in [-0.2, -0.15) is 0 Å². The van der Waals surface area contributed by atoms with Gasteiger partial charge in [-0.05, 0) is 35.9 Å². The fourth-order valence-electron chi connectivity index (χ4n) is 2.59. The third-order valence-electron chi connectivity index (χ3n) is 4.06. The second kappa shape index (κ2) is 11.1. The van der Waals surface area contributed by atoms with Crippen molar-refractivity contribution in [2.24, 2.45) is 0 Å². The number of phenolic OH excluding ortho intramolecular Hbond substituents is 2. The summed E-state index contributed by atoms with van der Waals surface area (Å²) in [5, 5.41) is 40.1. The van der Waals surface area contributed by atoms with Gasteiger partial charge in [-0.1, -0.05) is 30.4 Å². The molecule has 0 aliphatic heterocycles. The number of aromatic hydroxyl groups is 2. The van der Waals surface area contributed by atoms with Gasteiger partial charge in [0.2, 0.25) is 0 Å². The predicted molar refractivity (Wildman–Crippen MR) is 110 cm³/mol. The molecular weight excluding hydrogens is 376 g/mol. The van der Waals surface area contributed by atoms with Crippen LogP contribution in [-0.4, -0.2) is 53.6 Å². The van der Waals surface area contributed by atoms with E-state index in [2.05, 4.69) is 0 Å². The maximum atomic E-state index is 10.2. The molecule has 0 bridgehead atoms. The number of phenols is 2. The Labute approximate surface area is 169 Å². The van der Waals surface area contributed by atoms with Gasteiger partial charge in [-0.25, -0.2) is 0 Å². The molecule has 2 aromatic carbocycles. The third kappa shape index (κ3) is 6.83. The summed E-state index contributed by atoms with van der Waals surface area (Å²) in [6.07, 6.45) is 4.34. The van der Waals surface area contributed by atoms with E-state index < -0.39 is 12.2 Å². The summed E-state index contributed by atoms with van der Waals surface area (Å²) < 4.78 is 15.2. The lowest BCUT2D eigenvalue weighted by molar-refractivity contribution is 0.0508. The van der Waals surface area contributed by atoms with Crippen molar-refractivity contribution in [1.82, 2.24) is 0 Å². The first-order valence-corrected chi connectivity index (χ1v) is 8.97. The van der Waals surface area contributed by atoms with Crippen LogP contribution < -0.4 is 9.47 Å². The van der Waals surface area contributed by atoms with E-state index in [1.54, 1.807) is 30.3 Å². The molecule has 156 valence electrons. The minimum Gasteiger partial charge on any atom is -0.507 e. The van der Waals surface area contributed by atoms with E-state index in [-0.39, 0.29) is 24.7 Å². The quantitative estimate of drug-likeness (QED) is 0.453. The first kappa shape index (κ1) is 22.3. The van der Waals surface area contributed by atoms with Crippen molar-refractivity contribution in [2.45, 2.75) is 18.6 Å². The molecule has 0 fully saturated rings. The van der Waals surface area contributed by atoms with E-state index in [1.165, 1.54) is 44.6 Å². The molecule has 0 aromatic heterocycles. The van der Waals surface area contributed by atoms with Gasteiger partial charge in [0.05, 0.1) is 24.9 Å². The number of aliphatic hydroxyl groups is 2. The molecule has 0 saturated carbocycles. The molecule has 2 atom stereocenters. The monoisotopic (exact) mass is 402 g/mol. The summed E-state index contributed by atoms with van der Waals surface area (Å²) in [5.41, 5.74) is 1.09. The number of methoxy groups -OCH3 is 2. The Kier molecular flexibility index (Phi) is 8.54. The normalized spacial score (nSPS) is 13.7. The molecule has 2 rings (SSSR count). The molecule has 0 amide bonds. The van der Waals surface area contributed by atoms with Gasteiger partial charge >= 0.3 is 0 Å². The van der Waals surface area contributed by atoms with Crippen molar-refractivity contribution >= 4 is 12.2 Å². The van der Waals surface area contributed by atoms with E-state index in [0.717, 1.165) is 0 Å². The van der Waals surface area contributed by atoms with Crippen LogP contribution in [0.3, 0.4) is 0 Å². The van der Waals surface area contributed by atoms with Crippen molar-refractivity contribution < 1.29 is 34.6 Å². The summed E-state index contributed by atoms with van der Waals surface area (Å²) in [5.74, 6) is 0.777. The van der Waals surface area contributed by atoms with Crippen LogP contribution in [0.25, 0.3) is 12.2 Å². The van der Waals surface area contributed by atoms with Crippen molar-refractivity contribution in [1.29, 1.82) is 0 Å². The van der Waals surface area contributed by atoms with Crippen molar-refractivity contribution in [3.8, 4) is 23.0 Å². The molecular formula is C22H26O7. The van der Waals surface area contributed by atoms with E-state index in [4.69, 9.17) is 14.2 Å². The number of rotatable bonds is 10. The number of hydrogen-bond donors (Lipinski definition) is 4. The van der Waals surface area contributed by atoms with Crippen LogP contribution in [0.5, 0.6) is 23.0 Å². The van der Waals surface area contributed by atoms with Crippen LogP contribution >= 0.6 is 0 Å². The Hall–Kier alpha value is -3.00. The van der Waals surface area contributed by atoms with Gasteiger partial charge in [-0.15, -0.1) is 0 Å². The molecule has 29 heavy (non-hydrogen) atoms. The molecule has 7 heteroatoms. The first-order chi connectivity index (χ1) is 13.9. The Morgan fingerprint density at radius 2 is 1.62 bits per heavy atom. The summed E-state index contributed by atoms with van der Waals surface area (Å²) in [4.78, 5) is 0. The topological polar surface area (TPSA) is 109 Å². The Balaban J connectivity index is 1.98. The Morgan fingerprint density at radius 1 is 0.897 bits per heavy atom. The lowest BCUT2D eigenvalue weighted by Gasteiger charge is -2.11. The zero-order valence-electron chi connectivity index (χ0n) is 16.4. The van der Waals surface area contributed by atoms with Crippen molar-refractivity contribution in [3.05, 3.63) is 59.7 Å². The highest BCUT2D eigenvalue weighted by atomic mass is 16.7. The zero-order valence-corrected chi connectivity index (χ0v) is 16.4. The summed E-state index contributed by atoms with van der Waals surface area (Å²) in [6, 6.07) is 9.68. The van der Waals surface area contributed by atoms with E-state index in [1.807, 2.05) is 0 Å². The SMILES string of the molecule is COCOc1cccc(O)c1/C=C/C(O)CC(O)/C=C/c1ccc(OC)c(O)c1. The van der Waals surface area contributed by atoms with Gasteiger partial charge in [0.25, 0.3) is 0 Å². The fourth-order valence-corrected chi connectivity index (χ4v) is 2.59. The van der Waals surface area contributed by atoms with E-state index >= 15 is 0 Å². The van der Waals surface area contributed by atoms with Gasteiger partial charge in [0, 0.05) is 13.5 Å². The molecule has 0 radical (unpaired) electrons. The maximum absolute atomic E-state index is 10.2. The smallest absolute Gasteiger partial charge is 0.188 e. The number of hydrogen-bond acceptors (Lipinski definition) is 7. The van der Waals surface area contributed by atoms with Crippen LogP contribution in [0, 0.1) is 0 Å². The van der Waals surface area contributed by atoms with Gasteiger partial charge in [0.15, 0.2) is 18.3 Å². The highest BCUT2D eigenvalue weighted by Gasteiger charge is 2.10. The molecule has 4 N–H and O–H groups in total. The number of aliphatic hydroxyl groups excluding tert-OH is 2. The molecule has 0 heterocycles. The van der Waals surface area contributed by atoms with Crippen LogP contribution in [-0.2, 0) is 4.74 Å². The van der Waals surface area contributed by atoms with Crippen LogP contribution in [0.2, 0.25) is 0 Å². The second-order valence-electron chi connectivity index (χ2n) is 6.26. The van der Waals surface area contributed by atoms with Gasteiger partial charge < -0.3 is 34.6 Å². The molecule has 0 spiro atoms. The molecule has 2 aromatic rings. The largest absolute Gasteiger partial charge is 0.507 e. The van der Waals surface area contributed by atoms with Crippen LogP contribution in [0.1, 0.15) is 17.5 Å². The lowest BCUT2D eigenvalue weighted by Crippen LogP contribution is -2.13. The molecule has 0 aliphatic rings. The molecule has 0 aliphatic carbocycles. The van der Waals surface area contributed by atoms with Crippen LogP contribution in [0.15, 0.2) is 48.6 Å². The fraction of sp³-hybridized carbons (Fsp3) is 0.273. The van der Waals surface area contributed by atoms with Gasteiger partial charge in [-0.3, -0.25) is 0 Å². The zero-order chi connectivity index (χ0) is 21.2.